The molecular weight excluding hydrogens is 296 g/mol. The van der Waals surface area contributed by atoms with Crippen LogP contribution < -0.4 is 10.9 Å². The number of benzene rings is 1. The fraction of sp³-hybridized carbons (Fsp3) is 0.235. The topological polar surface area (TPSA) is 43.3 Å². The van der Waals surface area contributed by atoms with Crippen LogP contribution in [0.25, 0.3) is 0 Å². The van der Waals surface area contributed by atoms with Crippen molar-refractivity contribution in [2.75, 3.05) is 19.0 Å². The smallest absolute Gasteiger partial charge is 0.266 e. The number of aromatic nitrogens is 1. The molecule has 112 valence electrons. The first-order valence-electron chi connectivity index (χ1n) is 7.00. The van der Waals surface area contributed by atoms with Crippen LogP contribution in [0.5, 0.6) is 0 Å². The molecule has 0 bridgehead atoms. The van der Waals surface area contributed by atoms with Gasteiger partial charge in [-0.05, 0) is 18.2 Å². The molecule has 4 nitrogen and oxygen atoms in total. The van der Waals surface area contributed by atoms with Crippen molar-refractivity contribution in [3.05, 3.63) is 58.5 Å². The van der Waals surface area contributed by atoms with Crippen molar-refractivity contribution in [3.63, 3.8) is 0 Å². The molecule has 1 atom stereocenters. The third kappa shape index (κ3) is 3.19. The van der Waals surface area contributed by atoms with Gasteiger partial charge in [0.15, 0.2) is 0 Å². The molecule has 2 aromatic rings. The largest absolute Gasteiger partial charge is 0.383 e. The van der Waals surface area contributed by atoms with Crippen LogP contribution in [0.2, 0.25) is 0 Å². The van der Waals surface area contributed by atoms with Gasteiger partial charge in [-0.2, -0.15) is 0 Å². The molecule has 2 heterocycles. The summed E-state index contributed by atoms with van der Waals surface area (Å²) < 4.78 is 6.69. The molecule has 1 aliphatic heterocycles. The first-order valence-corrected chi connectivity index (χ1v) is 7.88. The second-order valence-electron chi connectivity index (χ2n) is 4.83. The molecular formula is C17H16N2O2S. The summed E-state index contributed by atoms with van der Waals surface area (Å²) in [5, 5.41) is 3.18. The lowest BCUT2D eigenvalue weighted by Crippen LogP contribution is -2.22. The van der Waals surface area contributed by atoms with Crippen LogP contribution in [0.15, 0.2) is 52.3 Å². The highest BCUT2D eigenvalue weighted by Crippen LogP contribution is 2.35. The highest BCUT2D eigenvalue weighted by atomic mass is 32.2. The van der Waals surface area contributed by atoms with Crippen LogP contribution in [0, 0.1) is 11.8 Å². The second-order valence-corrected chi connectivity index (χ2v) is 5.94. The molecule has 22 heavy (non-hydrogen) atoms. The molecule has 0 saturated heterocycles. The number of hydrogen-bond acceptors (Lipinski definition) is 4. The lowest BCUT2D eigenvalue weighted by Gasteiger charge is -2.06. The summed E-state index contributed by atoms with van der Waals surface area (Å²) in [5.41, 5.74) is 1.84. The van der Waals surface area contributed by atoms with Gasteiger partial charge in [-0.3, -0.25) is 4.79 Å². The minimum absolute atomic E-state index is 0.0102. The molecule has 1 N–H and O–H groups in total. The Labute approximate surface area is 133 Å². The minimum atomic E-state index is -0.0961. The summed E-state index contributed by atoms with van der Waals surface area (Å²) >= 11 is 1.47. The van der Waals surface area contributed by atoms with E-state index in [4.69, 9.17) is 4.74 Å². The fourth-order valence-corrected chi connectivity index (χ4v) is 3.18. The van der Waals surface area contributed by atoms with Gasteiger partial charge in [0.25, 0.3) is 5.56 Å². The van der Waals surface area contributed by atoms with E-state index in [1.807, 2.05) is 36.4 Å². The normalized spacial score (nSPS) is 15.6. The van der Waals surface area contributed by atoms with E-state index in [2.05, 4.69) is 17.2 Å². The maximum atomic E-state index is 12.4. The summed E-state index contributed by atoms with van der Waals surface area (Å²) in [4.78, 5) is 13.1. The van der Waals surface area contributed by atoms with E-state index in [9.17, 15) is 4.79 Å². The van der Waals surface area contributed by atoms with Crippen molar-refractivity contribution < 1.29 is 4.74 Å². The Balaban J connectivity index is 1.77. The quantitative estimate of drug-likeness (QED) is 0.884. The Bertz CT molecular complexity index is 775. The molecule has 1 aromatic heterocycles. The van der Waals surface area contributed by atoms with Crippen molar-refractivity contribution in [1.82, 2.24) is 4.57 Å². The molecule has 1 unspecified atom stereocenters. The zero-order valence-electron chi connectivity index (χ0n) is 12.2. The standard InChI is InChI=1S/C17H16N2O2S/c1-21-12-11-19-10-9-14-16(17(19)20)22-15(18-14)8-7-13-5-3-2-4-6-13/h2-6,9-10,15,18H,11-12H2,1H3. The van der Waals surface area contributed by atoms with E-state index in [1.54, 1.807) is 17.9 Å². The number of anilines is 1. The number of rotatable bonds is 3. The van der Waals surface area contributed by atoms with Crippen LogP contribution in [-0.2, 0) is 11.3 Å². The SMILES string of the molecule is COCCn1ccc2c(c1=O)SC(C#Cc1ccccc1)N2. The van der Waals surface area contributed by atoms with Gasteiger partial charge in [0, 0.05) is 25.4 Å². The van der Waals surface area contributed by atoms with Crippen molar-refractivity contribution in [2.45, 2.75) is 16.8 Å². The van der Waals surface area contributed by atoms with Gasteiger partial charge < -0.3 is 14.6 Å². The molecule has 0 radical (unpaired) electrons. The summed E-state index contributed by atoms with van der Waals surface area (Å²) in [6.45, 7) is 1.08. The summed E-state index contributed by atoms with van der Waals surface area (Å²) in [5.74, 6) is 6.29. The molecule has 1 aromatic carbocycles. The Morgan fingerprint density at radius 3 is 2.91 bits per heavy atom. The van der Waals surface area contributed by atoms with Crippen molar-refractivity contribution in [2.24, 2.45) is 0 Å². The van der Waals surface area contributed by atoms with E-state index in [0.717, 1.165) is 16.1 Å². The Hall–Kier alpha value is -2.16. The van der Waals surface area contributed by atoms with Crippen LogP contribution in [-0.4, -0.2) is 23.7 Å². The first kappa shape index (κ1) is 14.8. The lowest BCUT2D eigenvalue weighted by molar-refractivity contribution is 0.186. The maximum absolute atomic E-state index is 12.4. The first-order chi connectivity index (χ1) is 10.8. The lowest BCUT2D eigenvalue weighted by atomic mass is 10.2. The van der Waals surface area contributed by atoms with Gasteiger partial charge in [-0.1, -0.05) is 41.8 Å². The van der Waals surface area contributed by atoms with Crippen LogP contribution in [0.1, 0.15) is 5.56 Å². The molecule has 0 aliphatic carbocycles. The molecule has 0 saturated carbocycles. The van der Waals surface area contributed by atoms with Crippen molar-refractivity contribution in [1.29, 1.82) is 0 Å². The predicted molar refractivity (Wildman–Crippen MR) is 89.2 cm³/mol. The Morgan fingerprint density at radius 1 is 1.32 bits per heavy atom. The van der Waals surface area contributed by atoms with Gasteiger partial charge in [0.2, 0.25) is 0 Å². The molecule has 0 spiro atoms. The van der Waals surface area contributed by atoms with Gasteiger partial charge in [0.05, 0.1) is 17.2 Å². The predicted octanol–water partition coefficient (Wildman–Crippen LogP) is 2.39. The van der Waals surface area contributed by atoms with Gasteiger partial charge >= 0.3 is 0 Å². The van der Waals surface area contributed by atoms with Gasteiger partial charge in [-0.15, -0.1) is 0 Å². The second kappa shape index (κ2) is 6.73. The van der Waals surface area contributed by atoms with Gasteiger partial charge in [-0.25, -0.2) is 0 Å². The number of ether oxygens (including phenoxy) is 1. The minimum Gasteiger partial charge on any atom is -0.383 e. The number of thioether (sulfide) groups is 1. The molecule has 5 heteroatoms. The van der Waals surface area contributed by atoms with Gasteiger partial charge in [0.1, 0.15) is 5.37 Å². The van der Waals surface area contributed by atoms with E-state index in [-0.39, 0.29) is 10.9 Å². The molecule has 1 aliphatic rings. The molecule has 0 amide bonds. The Morgan fingerprint density at radius 2 is 2.14 bits per heavy atom. The summed E-state index contributed by atoms with van der Waals surface area (Å²) in [6.07, 6.45) is 1.79. The highest BCUT2D eigenvalue weighted by Gasteiger charge is 2.23. The van der Waals surface area contributed by atoms with Crippen molar-refractivity contribution in [3.8, 4) is 11.8 Å². The van der Waals surface area contributed by atoms with Crippen LogP contribution in [0.3, 0.4) is 0 Å². The summed E-state index contributed by atoms with van der Waals surface area (Å²) in [7, 11) is 1.63. The third-order valence-electron chi connectivity index (χ3n) is 3.30. The number of pyridine rings is 1. The fourth-order valence-electron chi connectivity index (χ4n) is 2.17. The average molecular weight is 312 g/mol. The maximum Gasteiger partial charge on any atom is 0.266 e. The number of methoxy groups -OCH3 is 1. The number of nitrogens with zero attached hydrogens (tertiary/aromatic N) is 1. The van der Waals surface area contributed by atoms with E-state index < -0.39 is 0 Å². The van der Waals surface area contributed by atoms with E-state index in [1.165, 1.54) is 11.8 Å². The third-order valence-corrected chi connectivity index (χ3v) is 4.40. The number of fused-ring (bicyclic) bond motifs is 1. The zero-order chi connectivity index (χ0) is 15.4. The van der Waals surface area contributed by atoms with E-state index >= 15 is 0 Å². The molecule has 3 rings (SSSR count). The number of nitrogens with one attached hydrogen (secondary N) is 1. The monoisotopic (exact) mass is 312 g/mol. The molecule has 0 fully saturated rings. The Kier molecular flexibility index (Phi) is 4.52. The van der Waals surface area contributed by atoms with Crippen molar-refractivity contribution >= 4 is 17.4 Å². The highest BCUT2D eigenvalue weighted by molar-refractivity contribution is 8.00. The number of hydrogen-bond donors (Lipinski definition) is 1. The average Bonchev–Trinajstić information content (AvgIpc) is 2.97. The van der Waals surface area contributed by atoms with Crippen LogP contribution in [0.4, 0.5) is 5.69 Å². The zero-order valence-corrected chi connectivity index (χ0v) is 13.0. The van der Waals surface area contributed by atoms with E-state index in [0.29, 0.717) is 13.2 Å². The van der Waals surface area contributed by atoms with Crippen LogP contribution >= 0.6 is 11.8 Å². The summed E-state index contributed by atoms with van der Waals surface area (Å²) in [6, 6.07) is 11.7.